The number of carbonyl (C=O) groups excluding carboxylic acids is 1. The SMILES string of the molecule is O=C(NCC1CCCCC1)c1cccc(CCl)c1. The molecule has 3 heteroatoms. The van der Waals surface area contributed by atoms with Gasteiger partial charge in [0.25, 0.3) is 5.91 Å². The first kappa shape index (κ1) is 13.4. The van der Waals surface area contributed by atoms with E-state index >= 15 is 0 Å². The lowest BCUT2D eigenvalue weighted by molar-refractivity contribution is 0.0943. The van der Waals surface area contributed by atoms with Gasteiger partial charge in [0.05, 0.1) is 0 Å². The van der Waals surface area contributed by atoms with E-state index in [1.807, 2.05) is 24.3 Å². The number of amides is 1. The number of alkyl halides is 1. The van der Waals surface area contributed by atoms with Crippen LogP contribution in [0.4, 0.5) is 0 Å². The maximum Gasteiger partial charge on any atom is 0.251 e. The molecule has 1 amide bonds. The number of carbonyl (C=O) groups is 1. The van der Waals surface area contributed by atoms with Crippen LogP contribution in [-0.4, -0.2) is 12.5 Å². The van der Waals surface area contributed by atoms with E-state index < -0.39 is 0 Å². The van der Waals surface area contributed by atoms with Crippen molar-refractivity contribution in [1.29, 1.82) is 0 Å². The summed E-state index contributed by atoms with van der Waals surface area (Å²) in [5.74, 6) is 1.13. The number of hydrogen-bond donors (Lipinski definition) is 1. The maximum absolute atomic E-state index is 12.0. The van der Waals surface area contributed by atoms with Crippen molar-refractivity contribution in [1.82, 2.24) is 5.32 Å². The average molecular weight is 266 g/mol. The largest absolute Gasteiger partial charge is 0.352 e. The van der Waals surface area contributed by atoms with Crippen LogP contribution in [0, 0.1) is 5.92 Å². The molecule has 0 aliphatic heterocycles. The third-order valence-electron chi connectivity index (χ3n) is 3.62. The fourth-order valence-electron chi connectivity index (χ4n) is 2.53. The van der Waals surface area contributed by atoms with E-state index in [1.165, 1.54) is 32.1 Å². The van der Waals surface area contributed by atoms with Crippen molar-refractivity contribution in [3.05, 3.63) is 35.4 Å². The normalized spacial score (nSPS) is 16.5. The molecule has 0 atom stereocenters. The maximum atomic E-state index is 12.0. The molecule has 1 fully saturated rings. The minimum Gasteiger partial charge on any atom is -0.352 e. The molecule has 1 N–H and O–H groups in total. The summed E-state index contributed by atoms with van der Waals surface area (Å²) in [6, 6.07) is 7.52. The van der Waals surface area contributed by atoms with Crippen molar-refractivity contribution < 1.29 is 4.79 Å². The fraction of sp³-hybridized carbons (Fsp3) is 0.533. The first-order valence-electron chi connectivity index (χ1n) is 6.72. The van der Waals surface area contributed by atoms with Crippen LogP contribution in [0.1, 0.15) is 48.0 Å². The Bertz CT molecular complexity index is 399. The zero-order valence-corrected chi connectivity index (χ0v) is 11.4. The average Bonchev–Trinajstić information content (AvgIpc) is 2.46. The predicted octanol–water partition coefficient (Wildman–Crippen LogP) is 3.74. The van der Waals surface area contributed by atoms with Gasteiger partial charge in [-0.25, -0.2) is 0 Å². The summed E-state index contributed by atoms with van der Waals surface area (Å²) in [5, 5.41) is 3.04. The van der Waals surface area contributed by atoms with Crippen molar-refractivity contribution in [2.45, 2.75) is 38.0 Å². The van der Waals surface area contributed by atoms with E-state index in [4.69, 9.17) is 11.6 Å². The fourth-order valence-corrected chi connectivity index (χ4v) is 2.69. The van der Waals surface area contributed by atoms with E-state index in [0.29, 0.717) is 17.4 Å². The van der Waals surface area contributed by atoms with Crippen LogP contribution < -0.4 is 5.32 Å². The van der Waals surface area contributed by atoms with Gasteiger partial charge < -0.3 is 5.32 Å². The van der Waals surface area contributed by atoms with Crippen LogP contribution in [0.25, 0.3) is 0 Å². The molecule has 0 spiro atoms. The van der Waals surface area contributed by atoms with Gasteiger partial charge in [0, 0.05) is 18.0 Å². The van der Waals surface area contributed by atoms with Crippen molar-refractivity contribution in [3.8, 4) is 0 Å². The molecule has 0 bridgehead atoms. The lowest BCUT2D eigenvalue weighted by Crippen LogP contribution is -2.30. The third kappa shape index (κ3) is 3.74. The van der Waals surface area contributed by atoms with E-state index in [2.05, 4.69) is 5.32 Å². The monoisotopic (exact) mass is 265 g/mol. The minimum atomic E-state index is 0.0209. The van der Waals surface area contributed by atoms with Gasteiger partial charge in [0.2, 0.25) is 0 Å². The summed E-state index contributed by atoms with van der Waals surface area (Å²) in [6.07, 6.45) is 6.47. The molecule has 0 heterocycles. The van der Waals surface area contributed by atoms with Crippen molar-refractivity contribution >= 4 is 17.5 Å². The smallest absolute Gasteiger partial charge is 0.251 e. The van der Waals surface area contributed by atoms with Gasteiger partial charge in [-0.3, -0.25) is 4.79 Å². The molecule has 1 aromatic rings. The number of benzene rings is 1. The van der Waals surface area contributed by atoms with E-state index in [1.54, 1.807) is 0 Å². The van der Waals surface area contributed by atoms with Crippen LogP contribution in [0.15, 0.2) is 24.3 Å². The highest BCUT2D eigenvalue weighted by Crippen LogP contribution is 2.22. The molecule has 1 aliphatic carbocycles. The van der Waals surface area contributed by atoms with Crippen LogP contribution in [-0.2, 0) is 5.88 Å². The van der Waals surface area contributed by atoms with Gasteiger partial charge in [-0.1, -0.05) is 31.4 Å². The molecular formula is C15H20ClNO. The molecule has 18 heavy (non-hydrogen) atoms. The second-order valence-electron chi connectivity index (χ2n) is 5.05. The molecule has 1 saturated carbocycles. The van der Waals surface area contributed by atoms with Crippen molar-refractivity contribution in [2.75, 3.05) is 6.54 Å². The third-order valence-corrected chi connectivity index (χ3v) is 3.93. The summed E-state index contributed by atoms with van der Waals surface area (Å²) in [7, 11) is 0. The highest BCUT2D eigenvalue weighted by atomic mass is 35.5. The quantitative estimate of drug-likeness (QED) is 0.826. The second kappa shape index (κ2) is 6.79. The highest BCUT2D eigenvalue weighted by molar-refractivity contribution is 6.17. The topological polar surface area (TPSA) is 29.1 Å². The zero-order valence-electron chi connectivity index (χ0n) is 10.6. The Morgan fingerprint density at radius 3 is 2.78 bits per heavy atom. The Labute approximate surface area is 114 Å². The van der Waals surface area contributed by atoms with Gasteiger partial charge in [-0.15, -0.1) is 11.6 Å². The second-order valence-corrected chi connectivity index (χ2v) is 5.32. The summed E-state index contributed by atoms with van der Waals surface area (Å²) >= 11 is 5.77. The highest BCUT2D eigenvalue weighted by Gasteiger charge is 2.14. The number of halogens is 1. The first-order valence-corrected chi connectivity index (χ1v) is 7.26. The Balaban J connectivity index is 1.86. The predicted molar refractivity (Wildman–Crippen MR) is 74.9 cm³/mol. The molecule has 0 saturated heterocycles. The summed E-state index contributed by atoms with van der Waals surface area (Å²) in [6.45, 7) is 0.809. The molecule has 0 unspecified atom stereocenters. The lowest BCUT2D eigenvalue weighted by atomic mass is 9.89. The van der Waals surface area contributed by atoms with Gasteiger partial charge in [0.15, 0.2) is 0 Å². The Hall–Kier alpha value is -1.02. The minimum absolute atomic E-state index is 0.0209. The van der Waals surface area contributed by atoms with E-state index in [-0.39, 0.29) is 5.91 Å². The zero-order chi connectivity index (χ0) is 12.8. The molecule has 1 aliphatic rings. The van der Waals surface area contributed by atoms with Crippen LogP contribution in [0.3, 0.4) is 0 Å². The lowest BCUT2D eigenvalue weighted by Gasteiger charge is -2.21. The van der Waals surface area contributed by atoms with E-state index in [0.717, 1.165) is 12.1 Å². The Kier molecular flexibility index (Phi) is 5.06. The molecule has 98 valence electrons. The molecule has 0 radical (unpaired) electrons. The molecule has 1 aromatic carbocycles. The summed E-state index contributed by atoms with van der Waals surface area (Å²) in [5.41, 5.74) is 1.70. The van der Waals surface area contributed by atoms with Crippen LogP contribution in [0.2, 0.25) is 0 Å². The molecule has 2 nitrogen and oxygen atoms in total. The number of rotatable bonds is 4. The first-order chi connectivity index (χ1) is 8.79. The van der Waals surface area contributed by atoms with E-state index in [9.17, 15) is 4.79 Å². The van der Waals surface area contributed by atoms with Crippen molar-refractivity contribution in [2.24, 2.45) is 5.92 Å². The van der Waals surface area contributed by atoms with Gasteiger partial charge >= 0.3 is 0 Å². The molecular weight excluding hydrogens is 246 g/mol. The van der Waals surface area contributed by atoms with Gasteiger partial charge in [0.1, 0.15) is 0 Å². The van der Waals surface area contributed by atoms with Crippen molar-refractivity contribution in [3.63, 3.8) is 0 Å². The standard InChI is InChI=1S/C15H20ClNO/c16-10-13-7-4-8-14(9-13)15(18)17-11-12-5-2-1-3-6-12/h4,7-9,12H,1-3,5-6,10-11H2,(H,17,18). The molecule has 0 aromatic heterocycles. The molecule has 2 rings (SSSR count). The van der Waals surface area contributed by atoms with Crippen LogP contribution >= 0.6 is 11.6 Å². The number of hydrogen-bond acceptors (Lipinski definition) is 1. The Morgan fingerprint density at radius 2 is 2.06 bits per heavy atom. The summed E-state index contributed by atoms with van der Waals surface area (Å²) in [4.78, 5) is 12.0. The van der Waals surface area contributed by atoms with Gasteiger partial charge in [-0.05, 0) is 36.5 Å². The number of nitrogens with one attached hydrogen (secondary N) is 1. The van der Waals surface area contributed by atoms with Crippen LogP contribution in [0.5, 0.6) is 0 Å². The Morgan fingerprint density at radius 1 is 1.28 bits per heavy atom. The van der Waals surface area contributed by atoms with Gasteiger partial charge in [-0.2, -0.15) is 0 Å². The summed E-state index contributed by atoms with van der Waals surface area (Å²) < 4.78 is 0.